The van der Waals surface area contributed by atoms with Crippen molar-refractivity contribution in [3.05, 3.63) is 63.6 Å². The molecule has 8 heteroatoms. The lowest BCUT2D eigenvalue weighted by molar-refractivity contribution is 0.227. The Morgan fingerprint density at radius 1 is 1.16 bits per heavy atom. The number of likely N-dealkylation sites (N-methyl/N-ethyl adjacent to an activating group) is 1. The van der Waals surface area contributed by atoms with E-state index < -0.39 is 11.9 Å². The van der Waals surface area contributed by atoms with Crippen LogP contribution in [0.1, 0.15) is 38.0 Å². The molecule has 0 unspecified atom stereocenters. The maximum atomic E-state index is 13.9. The van der Waals surface area contributed by atoms with Gasteiger partial charge in [0, 0.05) is 58.7 Å². The Labute approximate surface area is 191 Å². The molecule has 0 amide bonds. The van der Waals surface area contributed by atoms with Crippen molar-refractivity contribution in [2.24, 2.45) is 0 Å². The highest BCUT2D eigenvalue weighted by molar-refractivity contribution is 6.36. The average Bonchev–Trinajstić information content (AvgIpc) is 2.95. The summed E-state index contributed by atoms with van der Waals surface area (Å²) in [6.07, 6.45) is 2.86. The molecule has 0 aliphatic carbocycles. The molecule has 0 fully saturated rings. The van der Waals surface area contributed by atoms with Crippen LogP contribution in [0.4, 0.5) is 16.0 Å². The number of fused-ring (bicyclic) bond motifs is 1. The second-order valence-corrected chi connectivity index (χ2v) is 9.24. The van der Waals surface area contributed by atoms with Gasteiger partial charge in [-0.1, -0.05) is 37.0 Å². The molecule has 0 bridgehead atoms. The average molecular weight is 461 g/mol. The van der Waals surface area contributed by atoms with E-state index in [9.17, 15) is 4.39 Å². The molecule has 0 radical (unpaired) electrons. The minimum Gasteiger partial charge on any atom is -0.482 e. The van der Waals surface area contributed by atoms with Crippen LogP contribution in [0.25, 0.3) is 11.1 Å². The van der Waals surface area contributed by atoms with Gasteiger partial charge in [0.2, 0.25) is 0 Å². The number of nitrogen functional groups attached to an aromatic ring is 1. The smallest absolute Gasteiger partial charge is 0.166 e. The fourth-order valence-electron chi connectivity index (χ4n) is 4.04. The largest absolute Gasteiger partial charge is 0.482 e. The summed E-state index contributed by atoms with van der Waals surface area (Å²) in [5.74, 6) is 0.998. The zero-order valence-corrected chi connectivity index (χ0v) is 19.2. The molecule has 1 atom stereocenters. The van der Waals surface area contributed by atoms with E-state index in [4.69, 9.17) is 33.7 Å². The van der Waals surface area contributed by atoms with E-state index in [0.717, 1.165) is 23.5 Å². The van der Waals surface area contributed by atoms with Crippen LogP contribution in [0.15, 0.2) is 36.7 Å². The van der Waals surface area contributed by atoms with Gasteiger partial charge in [0.15, 0.2) is 11.6 Å². The van der Waals surface area contributed by atoms with Crippen molar-refractivity contribution in [3.63, 3.8) is 0 Å². The first-order chi connectivity index (χ1) is 14.6. The monoisotopic (exact) mass is 460 g/mol. The maximum absolute atomic E-state index is 13.9. The Hall–Kier alpha value is -2.57. The lowest BCUT2D eigenvalue weighted by Gasteiger charge is -2.20. The minimum absolute atomic E-state index is 0.00689. The van der Waals surface area contributed by atoms with E-state index in [2.05, 4.69) is 34.8 Å². The van der Waals surface area contributed by atoms with Crippen molar-refractivity contribution < 1.29 is 9.13 Å². The number of hydrogen-bond acceptors (Lipinski definition) is 5. The zero-order chi connectivity index (χ0) is 22.5. The van der Waals surface area contributed by atoms with Crippen molar-refractivity contribution >= 4 is 34.8 Å². The third-order valence-electron chi connectivity index (χ3n) is 5.59. The van der Waals surface area contributed by atoms with Gasteiger partial charge < -0.3 is 15.4 Å². The molecule has 5 nitrogen and oxygen atoms in total. The summed E-state index contributed by atoms with van der Waals surface area (Å²) in [6, 6.07) is 6.60. The lowest BCUT2D eigenvalue weighted by Crippen LogP contribution is -2.25. The molecule has 1 aliphatic heterocycles. The topological polar surface area (TPSA) is 64.3 Å². The van der Waals surface area contributed by atoms with Crippen LogP contribution < -0.4 is 15.4 Å². The number of nitrogens with two attached hydrogens (primary N) is 1. The third-order valence-corrected chi connectivity index (χ3v) is 6.31. The molecule has 2 aromatic heterocycles. The number of halogens is 3. The standard InChI is InChI=1S/C23H23Cl2FN4O/c1-12(19-16(24)5-6-17(26)20(19)25)31-18-8-14(9-28-21(18)27)13-7-15-22(29-10-13)30(4)11-23(15,2)3/h5-10,12H,11H2,1-4H3,(H2,27,28)/t12-/m1/s1. The van der Waals surface area contributed by atoms with Crippen molar-refractivity contribution in [1.82, 2.24) is 9.97 Å². The first-order valence-electron chi connectivity index (χ1n) is 9.86. The van der Waals surface area contributed by atoms with Gasteiger partial charge in [0.25, 0.3) is 0 Å². The Morgan fingerprint density at radius 2 is 1.84 bits per heavy atom. The summed E-state index contributed by atoms with van der Waals surface area (Å²) in [6.45, 7) is 7.03. The summed E-state index contributed by atoms with van der Waals surface area (Å²) in [7, 11) is 2.04. The highest BCUT2D eigenvalue weighted by atomic mass is 35.5. The van der Waals surface area contributed by atoms with Gasteiger partial charge >= 0.3 is 0 Å². The molecule has 4 rings (SSSR count). The van der Waals surface area contributed by atoms with Crippen LogP contribution >= 0.6 is 23.2 Å². The summed E-state index contributed by atoms with van der Waals surface area (Å²) < 4.78 is 19.9. The van der Waals surface area contributed by atoms with Gasteiger partial charge in [0.1, 0.15) is 17.7 Å². The van der Waals surface area contributed by atoms with Crippen molar-refractivity contribution in [1.29, 1.82) is 0 Å². The number of ether oxygens (including phenoxy) is 1. The van der Waals surface area contributed by atoms with Gasteiger partial charge in [-0.05, 0) is 31.2 Å². The minimum atomic E-state index is -0.638. The molecule has 3 aromatic rings. The van der Waals surface area contributed by atoms with Crippen LogP contribution in [0.2, 0.25) is 10.0 Å². The Balaban J connectivity index is 1.69. The molecule has 162 valence electrons. The Morgan fingerprint density at radius 3 is 2.58 bits per heavy atom. The van der Waals surface area contributed by atoms with E-state index in [1.807, 2.05) is 13.2 Å². The van der Waals surface area contributed by atoms with Crippen LogP contribution in [-0.4, -0.2) is 23.6 Å². The maximum Gasteiger partial charge on any atom is 0.166 e. The summed E-state index contributed by atoms with van der Waals surface area (Å²) in [5, 5.41) is 0.243. The lowest BCUT2D eigenvalue weighted by atomic mass is 9.87. The number of aromatic nitrogens is 2. The number of benzene rings is 1. The summed E-state index contributed by atoms with van der Waals surface area (Å²) in [5.41, 5.74) is 9.31. The predicted octanol–water partition coefficient (Wildman–Crippen LogP) is 6.04. The SMILES string of the molecule is C[C@@H](Oc1cc(-c2cnc3c(c2)C(C)(C)CN3C)cnc1N)c1c(Cl)ccc(F)c1Cl. The molecule has 0 spiro atoms. The highest BCUT2D eigenvalue weighted by Crippen LogP contribution is 2.41. The van der Waals surface area contributed by atoms with E-state index in [0.29, 0.717) is 16.3 Å². The molecule has 3 heterocycles. The van der Waals surface area contributed by atoms with Gasteiger partial charge in [0.05, 0.1) is 5.02 Å². The number of hydrogen-bond donors (Lipinski definition) is 1. The van der Waals surface area contributed by atoms with E-state index in [1.54, 1.807) is 19.2 Å². The quantitative estimate of drug-likeness (QED) is 0.480. The molecular formula is C23H23Cl2FN4O. The predicted molar refractivity (Wildman–Crippen MR) is 124 cm³/mol. The molecule has 1 aliphatic rings. The Kier molecular flexibility index (Phi) is 5.48. The molecular weight excluding hydrogens is 438 g/mol. The first-order valence-corrected chi connectivity index (χ1v) is 10.6. The number of pyridine rings is 2. The third kappa shape index (κ3) is 3.90. The van der Waals surface area contributed by atoms with Gasteiger partial charge in [-0.15, -0.1) is 0 Å². The molecule has 2 N–H and O–H groups in total. The highest BCUT2D eigenvalue weighted by Gasteiger charge is 2.34. The van der Waals surface area contributed by atoms with Crippen LogP contribution in [0.5, 0.6) is 5.75 Å². The van der Waals surface area contributed by atoms with Gasteiger partial charge in [-0.2, -0.15) is 0 Å². The van der Waals surface area contributed by atoms with Crippen molar-refractivity contribution in [2.45, 2.75) is 32.3 Å². The summed E-state index contributed by atoms with van der Waals surface area (Å²) >= 11 is 12.4. The number of rotatable bonds is 4. The zero-order valence-electron chi connectivity index (χ0n) is 17.7. The van der Waals surface area contributed by atoms with E-state index >= 15 is 0 Å². The molecule has 0 saturated carbocycles. The van der Waals surface area contributed by atoms with Crippen LogP contribution in [-0.2, 0) is 5.41 Å². The Bertz CT molecular complexity index is 1170. The van der Waals surface area contributed by atoms with Gasteiger partial charge in [-0.3, -0.25) is 0 Å². The van der Waals surface area contributed by atoms with Crippen LogP contribution in [0, 0.1) is 5.82 Å². The molecule has 0 saturated heterocycles. The fraction of sp³-hybridized carbons (Fsp3) is 0.304. The van der Waals surface area contributed by atoms with Crippen molar-refractivity contribution in [2.75, 3.05) is 24.2 Å². The fourth-order valence-corrected chi connectivity index (χ4v) is 4.72. The normalized spacial score (nSPS) is 15.6. The van der Waals surface area contributed by atoms with E-state index in [-0.39, 0.29) is 16.3 Å². The summed E-state index contributed by atoms with van der Waals surface area (Å²) in [4.78, 5) is 11.1. The first kappa shape index (κ1) is 21.7. The molecule has 1 aromatic carbocycles. The second-order valence-electron chi connectivity index (χ2n) is 8.46. The number of nitrogens with zero attached hydrogens (tertiary/aromatic N) is 3. The molecule has 31 heavy (non-hydrogen) atoms. The van der Waals surface area contributed by atoms with Crippen LogP contribution in [0.3, 0.4) is 0 Å². The van der Waals surface area contributed by atoms with Crippen molar-refractivity contribution in [3.8, 4) is 16.9 Å². The van der Waals surface area contributed by atoms with Gasteiger partial charge in [-0.25, -0.2) is 14.4 Å². The number of anilines is 2. The second kappa shape index (κ2) is 7.84. The van der Waals surface area contributed by atoms with E-state index in [1.165, 1.54) is 17.7 Å².